The molecule has 0 spiro atoms. The second kappa shape index (κ2) is 13.8. The molecule has 264 valence electrons. The number of nitrogens with zero attached hydrogens (tertiary/aromatic N) is 9. The normalized spacial score (nSPS) is 19.5. The van der Waals surface area contributed by atoms with Crippen molar-refractivity contribution in [1.82, 2.24) is 44.4 Å². The number of carbonyl (C=O) groups excluding carboxylic acids is 1. The number of pyridine rings is 1. The fraction of sp³-hybridized carbons (Fsp3) is 0.486. The van der Waals surface area contributed by atoms with E-state index >= 15 is 0 Å². The summed E-state index contributed by atoms with van der Waals surface area (Å²) >= 11 is 0. The quantitative estimate of drug-likeness (QED) is 0.191. The summed E-state index contributed by atoms with van der Waals surface area (Å²) in [7, 11) is 4.08. The first-order valence-electron chi connectivity index (χ1n) is 17.8. The Morgan fingerprint density at radius 2 is 1.84 bits per heavy atom. The number of fused-ring (bicyclic) bond motifs is 2. The maximum Gasteiger partial charge on any atom is 0.320 e. The van der Waals surface area contributed by atoms with E-state index in [1.807, 2.05) is 65.9 Å². The van der Waals surface area contributed by atoms with Gasteiger partial charge >= 0.3 is 6.03 Å². The van der Waals surface area contributed by atoms with Crippen molar-refractivity contribution in [3.05, 3.63) is 77.9 Å². The molecule has 0 radical (unpaired) electrons. The number of urea groups is 1. The first kappa shape index (κ1) is 33.6. The lowest BCUT2D eigenvalue weighted by atomic mass is 9.85. The van der Waals surface area contributed by atoms with Crippen LogP contribution in [0.4, 0.5) is 16.6 Å². The molecule has 13 nitrogen and oxygen atoms in total. The minimum Gasteiger partial charge on any atom is -0.484 e. The molecule has 2 aliphatic rings. The van der Waals surface area contributed by atoms with Gasteiger partial charge in [0.15, 0.2) is 5.65 Å². The van der Waals surface area contributed by atoms with Crippen molar-refractivity contribution in [2.75, 3.05) is 37.4 Å². The van der Waals surface area contributed by atoms with Crippen molar-refractivity contribution in [2.24, 2.45) is 0 Å². The van der Waals surface area contributed by atoms with Gasteiger partial charge in [0, 0.05) is 30.6 Å². The number of hydrogen-bond donors (Lipinski definition) is 2. The molecule has 1 saturated heterocycles. The van der Waals surface area contributed by atoms with Crippen LogP contribution in [0.2, 0.25) is 0 Å². The van der Waals surface area contributed by atoms with Gasteiger partial charge in [-0.3, -0.25) is 14.4 Å². The van der Waals surface area contributed by atoms with E-state index in [0.29, 0.717) is 11.9 Å². The average Bonchev–Trinajstić information content (AvgIpc) is 3.84. The van der Waals surface area contributed by atoms with E-state index in [2.05, 4.69) is 75.6 Å². The number of likely N-dealkylation sites (N-methyl/N-ethyl adjacent to an activating group) is 1. The molecular formula is C37H49N11O2. The summed E-state index contributed by atoms with van der Waals surface area (Å²) < 4.78 is 12.4. The predicted octanol–water partition coefficient (Wildman–Crippen LogP) is 6.13. The van der Waals surface area contributed by atoms with Crippen molar-refractivity contribution < 1.29 is 9.53 Å². The molecule has 2 N–H and O–H groups in total. The molecule has 0 saturated carbocycles. The second-order valence-corrected chi connectivity index (χ2v) is 14.9. The fourth-order valence-electron chi connectivity index (χ4n) is 6.94. The molecule has 5 aromatic rings. The summed E-state index contributed by atoms with van der Waals surface area (Å²) in [6, 6.07) is 14.1. The van der Waals surface area contributed by atoms with Crippen molar-refractivity contribution in [1.29, 1.82) is 0 Å². The molecule has 3 unspecified atom stereocenters. The Morgan fingerprint density at radius 3 is 2.62 bits per heavy atom. The van der Waals surface area contributed by atoms with Crippen LogP contribution >= 0.6 is 0 Å². The lowest BCUT2D eigenvalue weighted by Gasteiger charge is -2.33. The summed E-state index contributed by atoms with van der Waals surface area (Å²) in [5.41, 5.74) is 4.39. The van der Waals surface area contributed by atoms with Crippen LogP contribution in [0, 0.1) is 0 Å². The molecule has 1 fully saturated rings. The molecule has 4 aromatic heterocycles. The Kier molecular flexibility index (Phi) is 9.25. The highest BCUT2D eigenvalue weighted by atomic mass is 16.5. The lowest BCUT2D eigenvalue weighted by molar-refractivity contribution is 0.171. The van der Waals surface area contributed by atoms with Crippen LogP contribution in [0.25, 0.3) is 11.3 Å². The number of aromatic nitrogens is 7. The molecular weight excluding hydrogens is 630 g/mol. The fourth-order valence-corrected chi connectivity index (χ4v) is 6.94. The SMILES string of the molecule is CC1CCCCN1c1nnc2ccc(OC3CCC(NC(=O)Nc4cc(C(C)(C)C)nn4-c4cnn(CCN(C)C)c4)c4ccccc43)cn12. The summed E-state index contributed by atoms with van der Waals surface area (Å²) in [5, 5.41) is 24.7. The number of nitrogens with one attached hydrogen (secondary N) is 2. The topological polar surface area (TPSA) is 123 Å². The van der Waals surface area contributed by atoms with Gasteiger partial charge < -0.3 is 19.9 Å². The van der Waals surface area contributed by atoms with Crippen molar-refractivity contribution in [3.8, 4) is 11.4 Å². The number of anilines is 2. The highest BCUT2D eigenvalue weighted by molar-refractivity contribution is 5.89. The third-order valence-corrected chi connectivity index (χ3v) is 9.80. The molecule has 13 heteroatoms. The summed E-state index contributed by atoms with van der Waals surface area (Å²) in [6.45, 7) is 11.2. The van der Waals surface area contributed by atoms with E-state index in [1.165, 1.54) is 6.42 Å². The van der Waals surface area contributed by atoms with Crippen molar-refractivity contribution >= 4 is 23.4 Å². The van der Waals surface area contributed by atoms with Crippen LogP contribution in [0.5, 0.6) is 5.75 Å². The minimum absolute atomic E-state index is 0.154. The van der Waals surface area contributed by atoms with Crippen LogP contribution in [-0.2, 0) is 12.0 Å². The monoisotopic (exact) mass is 679 g/mol. The Bertz CT molecular complexity index is 1950. The lowest BCUT2D eigenvalue weighted by Crippen LogP contribution is -2.38. The first-order chi connectivity index (χ1) is 24.0. The zero-order chi connectivity index (χ0) is 35.0. The maximum absolute atomic E-state index is 13.6. The summed E-state index contributed by atoms with van der Waals surface area (Å²) in [5.74, 6) is 2.22. The van der Waals surface area contributed by atoms with Gasteiger partial charge in [-0.05, 0) is 76.4 Å². The summed E-state index contributed by atoms with van der Waals surface area (Å²) in [6.07, 6.45) is 10.6. The largest absolute Gasteiger partial charge is 0.484 e. The molecule has 1 aromatic carbocycles. The number of ether oxygens (including phenoxy) is 1. The molecule has 2 amide bonds. The number of carbonyl (C=O) groups is 1. The molecule has 1 aliphatic carbocycles. The van der Waals surface area contributed by atoms with Gasteiger partial charge in [0.2, 0.25) is 5.95 Å². The summed E-state index contributed by atoms with van der Waals surface area (Å²) in [4.78, 5) is 18.1. The molecule has 3 atom stereocenters. The van der Waals surface area contributed by atoms with Gasteiger partial charge in [0.1, 0.15) is 23.4 Å². The van der Waals surface area contributed by atoms with Gasteiger partial charge in [-0.15, -0.1) is 10.2 Å². The number of amides is 2. The maximum atomic E-state index is 13.6. The smallest absolute Gasteiger partial charge is 0.320 e. The van der Waals surface area contributed by atoms with Gasteiger partial charge in [0.05, 0.1) is 36.9 Å². The van der Waals surface area contributed by atoms with Crippen molar-refractivity contribution in [2.45, 2.75) is 89.9 Å². The van der Waals surface area contributed by atoms with Gasteiger partial charge in [0.25, 0.3) is 0 Å². The number of benzene rings is 1. The first-order valence-corrected chi connectivity index (χ1v) is 17.8. The zero-order valence-corrected chi connectivity index (χ0v) is 30.0. The van der Waals surface area contributed by atoms with Gasteiger partial charge in [-0.1, -0.05) is 45.0 Å². The Hall–Kier alpha value is -4.91. The third kappa shape index (κ3) is 7.05. The van der Waals surface area contributed by atoms with E-state index in [-0.39, 0.29) is 23.6 Å². The van der Waals surface area contributed by atoms with Crippen LogP contribution in [-0.4, -0.2) is 78.3 Å². The highest BCUT2D eigenvalue weighted by Gasteiger charge is 2.31. The average molecular weight is 680 g/mol. The molecule has 1 aliphatic heterocycles. The molecule has 5 heterocycles. The van der Waals surface area contributed by atoms with Crippen LogP contribution in [0.15, 0.2) is 61.1 Å². The molecule has 7 rings (SSSR count). The number of piperidine rings is 1. The zero-order valence-electron chi connectivity index (χ0n) is 30.0. The van der Waals surface area contributed by atoms with Gasteiger partial charge in [-0.2, -0.15) is 10.2 Å². The van der Waals surface area contributed by atoms with Crippen LogP contribution in [0.1, 0.15) is 88.8 Å². The predicted molar refractivity (Wildman–Crippen MR) is 194 cm³/mol. The minimum atomic E-state index is -0.289. The van der Waals surface area contributed by atoms with E-state index in [0.717, 1.165) is 85.2 Å². The standard InChI is InChI=1S/C37H49N11O2/c1-25-11-9-10-18-46(25)36-42-41-33-17-14-27(24-47(33)36)50-31-16-15-30(28-12-7-8-13-29(28)31)39-35(49)40-34-21-32(37(2,3)4)43-48(34)26-22-38-45(23-26)20-19-44(5)6/h7-8,12-14,17,21-25,30-31H,9-11,15-16,18-20H2,1-6H3,(H2,39,40,49). The van der Waals surface area contributed by atoms with Crippen LogP contribution in [0.3, 0.4) is 0 Å². The highest BCUT2D eigenvalue weighted by Crippen LogP contribution is 2.39. The van der Waals surface area contributed by atoms with Crippen LogP contribution < -0.4 is 20.3 Å². The third-order valence-electron chi connectivity index (χ3n) is 9.80. The Morgan fingerprint density at radius 1 is 1.02 bits per heavy atom. The van der Waals surface area contributed by atoms with E-state index in [4.69, 9.17) is 9.84 Å². The molecule has 50 heavy (non-hydrogen) atoms. The number of hydrogen-bond acceptors (Lipinski definition) is 8. The molecule has 0 bridgehead atoms. The van der Waals surface area contributed by atoms with Gasteiger partial charge in [-0.25, -0.2) is 9.48 Å². The second-order valence-electron chi connectivity index (χ2n) is 14.9. The van der Waals surface area contributed by atoms with E-state index in [9.17, 15) is 4.79 Å². The van der Waals surface area contributed by atoms with Crippen molar-refractivity contribution in [3.63, 3.8) is 0 Å². The number of rotatable bonds is 9. The van der Waals surface area contributed by atoms with E-state index < -0.39 is 0 Å². The Labute approximate surface area is 293 Å². The Balaban J connectivity index is 1.07. The van der Waals surface area contributed by atoms with E-state index in [1.54, 1.807) is 10.9 Å².